The number of rotatable bonds is 5. The highest BCUT2D eigenvalue weighted by Gasteiger charge is 2.76. The molecule has 0 aromatic heterocycles. The molecule has 2 aliphatic heterocycles. The summed E-state index contributed by atoms with van der Waals surface area (Å²) in [7, 11) is 1.35. The van der Waals surface area contributed by atoms with E-state index in [4.69, 9.17) is 27.9 Å². The number of imide groups is 2. The summed E-state index contributed by atoms with van der Waals surface area (Å²) >= 11 is 14.4. The van der Waals surface area contributed by atoms with Crippen molar-refractivity contribution in [3.8, 4) is 5.75 Å². The van der Waals surface area contributed by atoms with Crippen molar-refractivity contribution in [1.82, 2.24) is 4.90 Å². The van der Waals surface area contributed by atoms with Crippen molar-refractivity contribution in [3.63, 3.8) is 0 Å². The molecule has 0 bridgehead atoms. The molecule has 6 rings (SSSR count). The second-order valence-electron chi connectivity index (χ2n) is 10.5. The van der Waals surface area contributed by atoms with Gasteiger partial charge in [-0.05, 0) is 37.0 Å². The summed E-state index contributed by atoms with van der Waals surface area (Å²) in [6, 6.07) is 15.7. The Labute approximate surface area is 235 Å². The first-order chi connectivity index (χ1) is 18.7. The molecule has 1 saturated carbocycles. The third kappa shape index (κ3) is 3.41. The minimum atomic E-state index is -1.89. The number of allylic oxidation sites excluding steroid dienone is 2. The second kappa shape index (κ2) is 9.18. The molecule has 10 heteroatoms. The van der Waals surface area contributed by atoms with Gasteiger partial charge in [-0.3, -0.25) is 29.0 Å². The topological polar surface area (TPSA) is 104 Å². The van der Waals surface area contributed by atoms with Gasteiger partial charge < -0.3 is 9.84 Å². The molecule has 2 heterocycles. The molecule has 8 nitrogen and oxygen atoms in total. The number of carbonyl (C=O) groups excluding carboxylic acids is 4. The molecule has 4 aliphatic rings. The van der Waals surface area contributed by atoms with Gasteiger partial charge in [-0.25, -0.2) is 0 Å². The first kappa shape index (κ1) is 26.0. The van der Waals surface area contributed by atoms with Crippen LogP contribution in [-0.2, 0) is 19.2 Å². The zero-order chi connectivity index (χ0) is 27.7. The number of nitrogens with zero attached hydrogens (tertiary/aromatic N) is 2. The normalized spacial score (nSPS) is 33.6. The van der Waals surface area contributed by atoms with E-state index in [1.165, 1.54) is 11.9 Å². The van der Waals surface area contributed by atoms with Gasteiger partial charge in [0.1, 0.15) is 12.4 Å². The van der Waals surface area contributed by atoms with Gasteiger partial charge in [0, 0.05) is 18.5 Å². The van der Waals surface area contributed by atoms with Crippen LogP contribution in [0.15, 0.2) is 66.2 Å². The van der Waals surface area contributed by atoms with Gasteiger partial charge in [0.05, 0.1) is 24.1 Å². The molecule has 0 spiro atoms. The summed E-state index contributed by atoms with van der Waals surface area (Å²) in [5.74, 6) is -4.46. The van der Waals surface area contributed by atoms with Gasteiger partial charge >= 0.3 is 0 Å². The van der Waals surface area contributed by atoms with E-state index in [1.54, 1.807) is 54.6 Å². The molecule has 2 aromatic carbocycles. The highest BCUT2D eigenvalue weighted by atomic mass is 35.5. The molecule has 6 unspecified atom stereocenters. The Balaban J connectivity index is 1.53. The predicted molar refractivity (Wildman–Crippen MR) is 143 cm³/mol. The molecular weight excluding hydrogens is 543 g/mol. The molecule has 1 N–H and O–H groups in total. The second-order valence-corrected chi connectivity index (χ2v) is 11.7. The first-order valence-corrected chi connectivity index (χ1v) is 13.6. The molecule has 6 atom stereocenters. The number of likely N-dealkylation sites (tertiary alicyclic amines) is 1. The van der Waals surface area contributed by atoms with E-state index in [0.717, 1.165) is 4.90 Å². The highest BCUT2D eigenvalue weighted by molar-refractivity contribution is 6.53. The minimum absolute atomic E-state index is 0.00398. The molecule has 2 saturated heterocycles. The summed E-state index contributed by atoms with van der Waals surface area (Å²) in [5.41, 5.74) is 1.70. The average Bonchev–Trinajstić information content (AvgIpc) is 3.27. The molecule has 0 radical (unpaired) electrons. The van der Waals surface area contributed by atoms with Gasteiger partial charge in [-0.2, -0.15) is 0 Å². The number of ether oxygens (including phenoxy) is 1. The van der Waals surface area contributed by atoms with Crippen LogP contribution in [0.5, 0.6) is 5.75 Å². The number of alkyl halides is 2. The van der Waals surface area contributed by atoms with Crippen LogP contribution in [0.4, 0.5) is 5.69 Å². The molecule has 4 amide bonds. The first-order valence-electron chi connectivity index (χ1n) is 12.8. The van der Waals surface area contributed by atoms with E-state index < -0.39 is 45.2 Å². The van der Waals surface area contributed by atoms with E-state index in [9.17, 15) is 24.3 Å². The number of carbonyl (C=O) groups is 4. The molecule has 3 fully saturated rings. The quantitative estimate of drug-likeness (QED) is 0.337. The Morgan fingerprint density at radius 2 is 1.64 bits per heavy atom. The number of anilines is 1. The van der Waals surface area contributed by atoms with Crippen molar-refractivity contribution < 1.29 is 29.0 Å². The Bertz CT molecular complexity index is 1430. The number of benzene rings is 2. The van der Waals surface area contributed by atoms with Gasteiger partial charge in [0.25, 0.3) is 11.8 Å². The van der Waals surface area contributed by atoms with Crippen molar-refractivity contribution >= 4 is 52.5 Å². The monoisotopic (exact) mass is 568 g/mol. The van der Waals surface area contributed by atoms with Crippen LogP contribution < -0.4 is 9.64 Å². The maximum absolute atomic E-state index is 13.9. The van der Waals surface area contributed by atoms with Crippen LogP contribution in [-0.4, -0.2) is 63.6 Å². The van der Waals surface area contributed by atoms with Crippen molar-refractivity contribution in [2.45, 2.75) is 28.5 Å². The smallest absolute Gasteiger partial charge is 0.253 e. The predicted octanol–water partition coefficient (Wildman–Crippen LogP) is 3.25. The molecule has 2 aromatic rings. The Morgan fingerprint density at radius 1 is 0.949 bits per heavy atom. The molecule has 39 heavy (non-hydrogen) atoms. The summed E-state index contributed by atoms with van der Waals surface area (Å²) in [5, 5.41) is 9.38. The summed E-state index contributed by atoms with van der Waals surface area (Å²) in [4.78, 5) is 53.1. The number of fused-ring (bicyclic) bond motifs is 4. The van der Waals surface area contributed by atoms with E-state index in [0.29, 0.717) is 22.6 Å². The maximum atomic E-state index is 13.9. The lowest BCUT2D eigenvalue weighted by Crippen LogP contribution is -2.60. The van der Waals surface area contributed by atoms with Crippen molar-refractivity contribution in [1.29, 1.82) is 0 Å². The van der Waals surface area contributed by atoms with E-state index in [2.05, 4.69) is 0 Å². The summed E-state index contributed by atoms with van der Waals surface area (Å²) < 4.78 is 5.82. The van der Waals surface area contributed by atoms with Crippen molar-refractivity contribution in [3.05, 3.63) is 71.8 Å². The lowest BCUT2D eigenvalue weighted by Gasteiger charge is -2.51. The zero-order valence-corrected chi connectivity index (χ0v) is 22.6. The van der Waals surface area contributed by atoms with Gasteiger partial charge in [0.15, 0.2) is 9.75 Å². The van der Waals surface area contributed by atoms with Crippen LogP contribution in [0.25, 0.3) is 0 Å². The third-order valence-corrected chi connectivity index (χ3v) is 10.0. The number of aliphatic hydroxyl groups excluding tert-OH is 1. The number of hydrogen-bond acceptors (Lipinski definition) is 6. The average molecular weight is 569 g/mol. The number of hydrogen-bond donors (Lipinski definition) is 1. The van der Waals surface area contributed by atoms with Gasteiger partial charge in [0.2, 0.25) is 11.8 Å². The van der Waals surface area contributed by atoms with Crippen molar-refractivity contribution in [2.24, 2.45) is 17.8 Å². The van der Waals surface area contributed by atoms with Crippen LogP contribution >= 0.6 is 23.2 Å². The number of amides is 4. The third-order valence-electron chi connectivity index (χ3n) is 8.61. The van der Waals surface area contributed by atoms with Gasteiger partial charge in [-0.15, -0.1) is 23.2 Å². The summed E-state index contributed by atoms with van der Waals surface area (Å²) in [6.45, 7) is -0.227. The molecule has 2 aliphatic carbocycles. The van der Waals surface area contributed by atoms with E-state index in [1.807, 2.05) is 6.08 Å². The maximum Gasteiger partial charge on any atom is 0.253 e. The minimum Gasteiger partial charge on any atom is -0.491 e. The molecular formula is C29H26Cl2N2O6. The number of para-hydroxylation sites is 2. The highest BCUT2D eigenvalue weighted by Crippen LogP contribution is 2.66. The number of aliphatic hydroxyl groups is 1. The Hall–Kier alpha value is -3.20. The fraction of sp³-hybridized carbons (Fsp3) is 0.379. The number of halogens is 2. The van der Waals surface area contributed by atoms with Crippen molar-refractivity contribution in [2.75, 3.05) is 25.2 Å². The summed E-state index contributed by atoms with van der Waals surface area (Å²) in [6.07, 6.45) is 2.09. The SMILES string of the molecule is CN1C(=O)C2(Cl)CC3C(=CCC4C(=O)N(c5ccccc5)C(=O)C43)C(c3ccccc3OCCO)C2(Cl)C1=O. The van der Waals surface area contributed by atoms with Crippen LogP contribution in [0.3, 0.4) is 0 Å². The fourth-order valence-electron chi connectivity index (χ4n) is 6.93. The lowest BCUT2D eigenvalue weighted by molar-refractivity contribution is -0.138. The zero-order valence-electron chi connectivity index (χ0n) is 21.1. The Kier molecular flexibility index (Phi) is 6.13. The lowest BCUT2D eigenvalue weighted by atomic mass is 9.56. The van der Waals surface area contributed by atoms with Gasteiger partial charge in [-0.1, -0.05) is 48.0 Å². The van der Waals surface area contributed by atoms with Crippen LogP contribution in [0.2, 0.25) is 0 Å². The van der Waals surface area contributed by atoms with Crippen LogP contribution in [0, 0.1) is 17.8 Å². The van der Waals surface area contributed by atoms with E-state index >= 15 is 0 Å². The fourth-order valence-corrected chi connectivity index (χ4v) is 7.94. The Morgan fingerprint density at radius 3 is 2.36 bits per heavy atom. The largest absolute Gasteiger partial charge is 0.491 e. The van der Waals surface area contributed by atoms with E-state index in [-0.39, 0.29) is 37.9 Å². The standard InChI is InChI=1S/C29H26Cl2N2O6/c1-32-26(37)28(30)15-20-17(11-12-19-22(20)25(36)33(24(19)35)16-7-3-2-4-8-16)23(29(28,31)27(32)38)18-9-5-6-10-21(18)39-14-13-34/h2-11,19-20,22-23,34H,12-15H2,1H3. The van der Waals surface area contributed by atoms with Crippen LogP contribution in [0.1, 0.15) is 24.3 Å². The molecule has 202 valence electrons.